The molecule has 2 aliphatic rings. The van der Waals surface area contributed by atoms with Gasteiger partial charge in [-0.25, -0.2) is 0 Å². The molecule has 1 aliphatic heterocycles. The van der Waals surface area contributed by atoms with Gasteiger partial charge in [0.1, 0.15) is 0 Å². The molecule has 0 saturated carbocycles. The van der Waals surface area contributed by atoms with Crippen LogP contribution in [0.5, 0.6) is 0 Å². The lowest BCUT2D eigenvalue weighted by molar-refractivity contribution is 0.0909. The third-order valence-corrected chi connectivity index (χ3v) is 6.94. The number of hydrogen-bond donors (Lipinski definition) is 2. The average Bonchev–Trinajstić information content (AvgIpc) is 2.87. The predicted molar refractivity (Wildman–Crippen MR) is 122 cm³/mol. The summed E-state index contributed by atoms with van der Waals surface area (Å²) in [5.74, 6) is 2.20. The number of halogens is 1. The Morgan fingerprint density at radius 1 is 1.36 bits per heavy atom. The second kappa shape index (κ2) is 8.68. The fourth-order valence-electron chi connectivity index (χ4n) is 4.93. The molecule has 1 saturated heterocycles. The van der Waals surface area contributed by atoms with Crippen molar-refractivity contribution in [3.63, 3.8) is 0 Å². The van der Waals surface area contributed by atoms with Gasteiger partial charge in [-0.3, -0.25) is 9.45 Å². The molecule has 0 amide bonds. The molecule has 4 rings (SSSR count). The van der Waals surface area contributed by atoms with Gasteiger partial charge in [-0.2, -0.15) is 21.0 Å². The number of fused-ring (bicyclic) bond motifs is 2. The van der Waals surface area contributed by atoms with E-state index in [-0.39, 0.29) is 0 Å². The van der Waals surface area contributed by atoms with Crippen LogP contribution in [0.1, 0.15) is 43.7 Å². The minimum absolute atomic E-state index is 0.663. The maximum Gasteiger partial charge on any atom is 0.261 e. The van der Waals surface area contributed by atoms with Crippen molar-refractivity contribution in [2.45, 2.75) is 50.9 Å². The lowest BCUT2D eigenvalue weighted by atomic mass is 9.72. The third kappa shape index (κ3) is 4.46. The minimum atomic E-state index is -3.67. The van der Waals surface area contributed by atoms with Gasteiger partial charge in [-0.15, -0.1) is 0 Å². The third-order valence-electron chi connectivity index (χ3n) is 5.75. The van der Waals surface area contributed by atoms with Crippen molar-refractivity contribution in [2.75, 3.05) is 19.3 Å². The van der Waals surface area contributed by atoms with Crippen LogP contribution in [0.25, 0.3) is 10.9 Å². The van der Waals surface area contributed by atoms with E-state index in [4.69, 9.17) is 4.55 Å². The maximum atomic E-state index is 9.19. The summed E-state index contributed by atoms with van der Waals surface area (Å²) in [4.78, 5) is 2.76. The largest absolute Gasteiger partial charge is 0.325 e. The second-order valence-corrected chi connectivity index (χ2v) is 10.5. The van der Waals surface area contributed by atoms with Gasteiger partial charge in [0.05, 0.1) is 22.3 Å². The summed E-state index contributed by atoms with van der Waals surface area (Å²) in [5.41, 5.74) is 4.42. The second-order valence-electron chi connectivity index (χ2n) is 8.03. The Morgan fingerprint density at radius 3 is 2.64 bits per heavy atom. The number of likely N-dealkylation sites (tertiary alicyclic amines) is 1. The number of nitrogens with zero attached hydrogens (tertiary/aromatic N) is 2. The van der Waals surface area contributed by atoms with Crippen molar-refractivity contribution >= 4 is 49.6 Å². The minimum Gasteiger partial charge on any atom is -0.325 e. The number of piperidine rings is 1. The van der Waals surface area contributed by atoms with E-state index in [2.05, 4.69) is 70.1 Å². The van der Waals surface area contributed by atoms with Gasteiger partial charge in [-0.1, -0.05) is 26.0 Å². The molecule has 1 aromatic carbocycles. The first-order chi connectivity index (χ1) is 13.2. The van der Waals surface area contributed by atoms with Gasteiger partial charge in [-0.05, 0) is 64.8 Å². The molecule has 5 nitrogen and oxygen atoms in total. The summed E-state index contributed by atoms with van der Waals surface area (Å²) in [6.45, 7) is 7.20. The van der Waals surface area contributed by atoms with Crippen molar-refractivity contribution in [3.8, 4) is 0 Å². The zero-order valence-corrected chi connectivity index (χ0v) is 19.9. The molecule has 1 aliphatic carbocycles. The molecular formula is C20H29BrN2O3S2. The van der Waals surface area contributed by atoms with Crippen LogP contribution >= 0.6 is 28.6 Å². The Kier molecular flexibility index (Phi) is 6.86. The van der Waals surface area contributed by atoms with E-state index in [0.717, 1.165) is 11.8 Å². The number of benzene rings is 1. The molecule has 2 aromatic rings. The number of thiol groups is 1. The highest BCUT2D eigenvalue weighted by Gasteiger charge is 2.40. The van der Waals surface area contributed by atoms with Crippen molar-refractivity contribution in [1.29, 1.82) is 0 Å². The summed E-state index contributed by atoms with van der Waals surface area (Å²) < 4.78 is 29.4. The molecule has 1 aromatic heterocycles. The van der Waals surface area contributed by atoms with Crippen molar-refractivity contribution in [3.05, 3.63) is 33.9 Å². The SMILES string of the molecule is CCCN1C[C@H](C)C[C@@H]2c3cccc4c3c(c(Br)n4CS)C[C@H]21.CS(=O)(=O)O. The smallest absolute Gasteiger partial charge is 0.261 e. The van der Waals surface area contributed by atoms with E-state index < -0.39 is 10.1 Å². The van der Waals surface area contributed by atoms with Gasteiger partial charge in [0.15, 0.2) is 0 Å². The Labute approximate surface area is 181 Å². The molecule has 28 heavy (non-hydrogen) atoms. The average molecular weight is 490 g/mol. The fraction of sp³-hybridized carbons (Fsp3) is 0.600. The standard InChI is InChI=1S/C19H25BrN2S.CH4O3S/c1-3-7-21-10-12(2)8-14-13-5-4-6-16-18(13)15(9-17(14)21)19(20)22(16)11-23;1-5(2,3)4/h4-6,12,14,17,23H,3,7-11H2,1-2H3;1H3,(H,2,3,4)/t12-,14-,17-;/m1./s1. The molecule has 3 atom stereocenters. The van der Waals surface area contributed by atoms with Crippen molar-refractivity contribution in [2.24, 2.45) is 5.92 Å². The van der Waals surface area contributed by atoms with Crippen LogP contribution < -0.4 is 0 Å². The van der Waals surface area contributed by atoms with E-state index in [1.165, 1.54) is 53.4 Å². The normalized spacial score (nSPS) is 24.6. The summed E-state index contributed by atoms with van der Waals surface area (Å²) in [6.07, 6.45) is 4.46. The first kappa shape index (κ1) is 22.2. The van der Waals surface area contributed by atoms with Gasteiger partial charge < -0.3 is 4.57 Å². The lowest BCUT2D eigenvalue weighted by Crippen LogP contribution is -2.49. The van der Waals surface area contributed by atoms with Crippen LogP contribution in [0.15, 0.2) is 22.8 Å². The number of rotatable bonds is 3. The van der Waals surface area contributed by atoms with Crippen LogP contribution in [-0.2, 0) is 22.4 Å². The molecular weight excluding hydrogens is 460 g/mol. The summed E-state index contributed by atoms with van der Waals surface area (Å²) in [5, 5.41) is 1.50. The van der Waals surface area contributed by atoms with Crippen LogP contribution in [0.3, 0.4) is 0 Å². The molecule has 0 spiro atoms. The first-order valence-electron chi connectivity index (χ1n) is 9.72. The Hall–Kier alpha value is -0.540. The molecule has 0 unspecified atom stereocenters. The monoisotopic (exact) mass is 488 g/mol. The van der Waals surface area contributed by atoms with Gasteiger partial charge >= 0.3 is 0 Å². The summed E-state index contributed by atoms with van der Waals surface area (Å²) in [7, 11) is -3.67. The molecule has 1 fully saturated rings. The molecule has 2 heterocycles. The van der Waals surface area contributed by atoms with Crippen LogP contribution in [0.2, 0.25) is 0 Å². The molecule has 0 radical (unpaired) electrons. The molecule has 1 N–H and O–H groups in total. The van der Waals surface area contributed by atoms with Crippen molar-refractivity contribution < 1.29 is 13.0 Å². The highest BCUT2D eigenvalue weighted by molar-refractivity contribution is 9.10. The Bertz CT molecular complexity index is 950. The molecule has 0 bridgehead atoms. The summed E-state index contributed by atoms with van der Waals surface area (Å²) in [6, 6.07) is 7.52. The van der Waals surface area contributed by atoms with E-state index in [9.17, 15) is 8.42 Å². The number of aromatic nitrogens is 1. The Balaban J connectivity index is 0.000000403. The van der Waals surface area contributed by atoms with Gasteiger partial charge in [0, 0.05) is 23.9 Å². The topological polar surface area (TPSA) is 62.5 Å². The van der Waals surface area contributed by atoms with E-state index in [0.29, 0.717) is 18.2 Å². The lowest BCUT2D eigenvalue weighted by Gasteiger charge is -2.46. The van der Waals surface area contributed by atoms with E-state index in [1.807, 2.05) is 0 Å². The van der Waals surface area contributed by atoms with Gasteiger partial charge in [0.25, 0.3) is 10.1 Å². The zero-order valence-electron chi connectivity index (χ0n) is 16.6. The van der Waals surface area contributed by atoms with E-state index in [1.54, 1.807) is 5.56 Å². The molecule has 156 valence electrons. The maximum absolute atomic E-state index is 9.19. The van der Waals surface area contributed by atoms with Crippen molar-refractivity contribution in [1.82, 2.24) is 9.47 Å². The van der Waals surface area contributed by atoms with Gasteiger partial charge in [0.2, 0.25) is 0 Å². The van der Waals surface area contributed by atoms with Crippen LogP contribution in [0.4, 0.5) is 0 Å². The highest BCUT2D eigenvalue weighted by Crippen LogP contribution is 2.47. The quantitative estimate of drug-likeness (QED) is 0.491. The van der Waals surface area contributed by atoms with Crippen LogP contribution in [-0.4, -0.2) is 47.8 Å². The predicted octanol–water partition coefficient (Wildman–Crippen LogP) is 4.56. The first-order valence-corrected chi connectivity index (χ1v) is 13.0. The van der Waals surface area contributed by atoms with E-state index >= 15 is 0 Å². The fourth-order valence-corrected chi connectivity index (χ4v) is 6.10. The number of hydrogen-bond acceptors (Lipinski definition) is 4. The summed E-state index contributed by atoms with van der Waals surface area (Å²) >= 11 is 8.42. The van der Waals surface area contributed by atoms with Crippen LogP contribution in [0, 0.1) is 5.92 Å². The highest BCUT2D eigenvalue weighted by atomic mass is 79.9. The zero-order chi connectivity index (χ0) is 20.6. The molecule has 8 heteroatoms. The Morgan fingerprint density at radius 2 is 2.04 bits per heavy atom.